The molecule has 0 saturated carbocycles. The largest absolute Gasteiger partial charge is 0.359 e. The lowest BCUT2D eigenvalue weighted by atomic mass is 10.1. The molecule has 2 aliphatic rings. The number of rotatable bonds is 5. The molecule has 0 unspecified atom stereocenters. The first-order valence-corrected chi connectivity index (χ1v) is 12.5. The molecule has 0 aliphatic carbocycles. The molecule has 1 N–H and O–H groups in total. The van der Waals surface area contributed by atoms with Crippen molar-refractivity contribution in [2.75, 3.05) is 27.6 Å². The molecule has 1 saturated heterocycles. The van der Waals surface area contributed by atoms with E-state index in [1.54, 1.807) is 28.6 Å². The van der Waals surface area contributed by atoms with Gasteiger partial charge in [-0.2, -0.15) is 0 Å². The summed E-state index contributed by atoms with van der Waals surface area (Å²) in [5.41, 5.74) is 4.36. The second-order valence-corrected chi connectivity index (χ2v) is 10.4. The summed E-state index contributed by atoms with van der Waals surface area (Å²) < 4.78 is 27.5. The van der Waals surface area contributed by atoms with Crippen LogP contribution in [0.1, 0.15) is 20.4 Å². The van der Waals surface area contributed by atoms with Crippen molar-refractivity contribution in [1.82, 2.24) is 4.98 Å². The summed E-state index contributed by atoms with van der Waals surface area (Å²) in [5, 5.41) is 2.03. The van der Waals surface area contributed by atoms with Crippen LogP contribution in [0.3, 0.4) is 0 Å². The average Bonchev–Trinajstić information content (AvgIpc) is 3.48. The third-order valence-electron chi connectivity index (χ3n) is 5.84. The number of nitrogens with one attached hydrogen (secondary N) is 1. The van der Waals surface area contributed by atoms with Gasteiger partial charge in [-0.05, 0) is 61.2 Å². The molecule has 1 aromatic heterocycles. The molecule has 2 aliphatic heterocycles. The van der Waals surface area contributed by atoms with Gasteiger partial charge in [0, 0.05) is 38.9 Å². The topological polar surface area (TPSA) is 82.6 Å². The number of hydrogen-bond donors (Lipinski definition) is 1. The number of anilines is 3. The fourth-order valence-electron chi connectivity index (χ4n) is 4.30. The van der Waals surface area contributed by atoms with Gasteiger partial charge in [0.2, 0.25) is 5.91 Å². The van der Waals surface area contributed by atoms with Crippen molar-refractivity contribution < 1.29 is 16.1 Å². The van der Waals surface area contributed by atoms with Crippen molar-refractivity contribution in [3.8, 4) is 0 Å². The number of carbonyl (C=O) groups is 1. The van der Waals surface area contributed by atoms with Gasteiger partial charge >= 0.3 is 0 Å². The number of carbonyl (C=O) groups excluding carboxylic acids is 1. The lowest BCUT2D eigenvalue weighted by molar-refractivity contribution is -0.118. The lowest BCUT2D eigenvalue weighted by Gasteiger charge is -2.26. The molecule has 164 valence electrons. The zero-order chi connectivity index (χ0) is 21.6. The Morgan fingerprint density at radius 2 is 1.97 bits per heavy atom. The summed E-state index contributed by atoms with van der Waals surface area (Å²) in [4.78, 5) is 21.3. The predicted molar refractivity (Wildman–Crippen MR) is 127 cm³/mol. The highest BCUT2D eigenvalue weighted by atomic mass is 32.2. The van der Waals surface area contributed by atoms with Crippen LogP contribution >= 0.6 is 11.3 Å². The molecular formula is C22H26N4O3S2. The monoisotopic (exact) mass is 458 g/mol. The van der Waals surface area contributed by atoms with E-state index in [1.807, 2.05) is 0 Å². The Morgan fingerprint density at radius 1 is 1.16 bits per heavy atom. The third-order valence-corrected chi connectivity index (χ3v) is 8.01. The molecule has 31 heavy (non-hydrogen) atoms. The number of fused-ring (bicyclic) bond motifs is 1. The molecule has 5 rings (SSSR count). The molecule has 0 radical (unpaired) electrons. The van der Waals surface area contributed by atoms with Crippen molar-refractivity contribution in [3.63, 3.8) is 0 Å². The summed E-state index contributed by atoms with van der Waals surface area (Å²) >= 11 is 1.22. The Hall–Kier alpha value is -2.91. The van der Waals surface area contributed by atoms with Crippen LogP contribution in [-0.2, 0) is 21.2 Å². The van der Waals surface area contributed by atoms with Crippen LogP contribution < -0.4 is 14.5 Å². The van der Waals surface area contributed by atoms with Crippen LogP contribution in [0.15, 0.2) is 58.9 Å². The molecule has 3 heterocycles. The molecule has 2 aromatic carbocycles. The van der Waals surface area contributed by atoms with Crippen LogP contribution in [-0.4, -0.2) is 38.4 Å². The summed E-state index contributed by atoms with van der Waals surface area (Å²) in [7, 11) is -3.71. The van der Waals surface area contributed by atoms with E-state index in [1.165, 1.54) is 34.6 Å². The van der Waals surface area contributed by atoms with Crippen LogP contribution in [0.5, 0.6) is 0 Å². The normalized spacial score (nSPS) is 18.5. The number of benzene rings is 2. The second-order valence-electron chi connectivity index (χ2n) is 7.81. The number of hydrogen-bond acceptors (Lipinski definition) is 6. The van der Waals surface area contributed by atoms with E-state index in [4.69, 9.17) is 0 Å². The molecule has 1 fully saturated rings. The fourth-order valence-corrected chi connectivity index (χ4v) is 6.09. The molecule has 7 nitrogen and oxygen atoms in total. The number of aryl methyl sites for hydroxylation is 1. The quantitative estimate of drug-likeness (QED) is 0.627. The van der Waals surface area contributed by atoms with Gasteiger partial charge in [0.05, 0.1) is 4.90 Å². The van der Waals surface area contributed by atoms with Gasteiger partial charge in [0.1, 0.15) is 6.04 Å². The summed E-state index contributed by atoms with van der Waals surface area (Å²) in [5.74, 6) is 0.0610. The highest BCUT2D eigenvalue weighted by Gasteiger charge is 2.39. The smallest absolute Gasteiger partial charge is 0.263 e. The second kappa shape index (κ2) is 7.65. The average molecular weight is 459 g/mol. The highest BCUT2D eigenvalue weighted by molar-refractivity contribution is 7.93. The van der Waals surface area contributed by atoms with Gasteiger partial charge in [0.25, 0.3) is 10.0 Å². The summed E-state index contributed by atoms with van der Waals surface area (Å²) in [6.45, 7) is 3.53. The molecule has 0 spiro atoms. The minimum absolute atomic E-state index is 0. The zero-order valence-corrected chi connectivity index (χ0v) is 18.6. The molecular weight excluding hydrogens is 432 g/mol. The van der Waals surface area contributed by atoms with E-state index in [-0.39, 0.29) is 19.7 Å². The first kappa shape index (κ1) is 20.0. The van der Waals surface area contributed by atoms with Crippen molar-refractivity contribution >= 4 is 43.8 Å². The number of nitrogens with zero attached hydrogens (tertiary/aromatic N) is 3. The van der Waals surface area contributed by atoms with Gasteiger partial charge in [-0.3, -0.25) is 9.52 Å². The highest BCUT2D eigenvalue weighted by Crippen LogP contribution is 2.35. The lowest BCUT2D eigenvalue weighted by Crippen LogP contribution is -2.41. The Labute approximate surface area is 188 Å². The molecule has 3 aromatic rings. The molecule has 1 atom stereocenters. The van der Waals surface area contributed by atoms with Gasteiger partial charge < -0.3 is 9.80 Å². The third kappa shape index (κ3) is 3.68. The Balaban J connectivity index is 0.00000153. The number of sulfonamides is 1. The van der Waals surface area contributed by atoms with Gasteiger partial charge in [-0.25, -0.2) is 13.4 Å². The van der Waals surface area contributed by atoms with Gasteiger partial charge in [-0.15, -0.1) is 11.3 Å². The summed E-state index contributed by atoms with van der Waals surface area (Å²) in [6.07, 6.45) is 3.25. The van der Waals surface area contributed by atoms with Crippen LogP contribution in [0.4, 0.5) is 16.5 Å². The minimum atomic E-state index is -3.71. The van der Waals surface area contributed by atoms with E-state index in [0.29, 0.717) is 17.4 Å². The zero-order valence-electron chi connectivity index (χ0n) is 17.0. The molecule has 1 amide bonds. The number of aromatic nitrogens is 1. The number of thiazole rings is 1. The van der Waals surface area contributed by atoms with E-state index in [2.05, 4.69) is 39.7 Å². The first-order chi connectivity index (χ1) is 14.9. The van der Waals surface area contributed by atoms with Gasteiger partial charge in [0.15, 0.2) is 5.13 Å². The summed E-state index contributed by atoms with van der Waals surface area (Å²) in [6, 6.07) is 12.7. The van der Waals surface area contributed by atoms with Crippen LogP contribution in [0.2, 0.25) is 0 Å². The van der Waals surface area contributed by atoms with Crippen molar-refractivity contribution in [3.05, 3.63) is 65.2 Å². The minimum Gasteiger partial charge on any atom is -0.359 e. The van der Waals surface area contributed by atoms with Crippen LogP contribution in [0, 0.1) is 6.92 Å². The predicted octanol–water partition coefficient (Wildman–Crippen LogP) is 3.91. The Kier molecular flexibility index (Phi) is 4.94. The van der Waals surface area contributed by atoms with E-state index >= 15 is 0 Å². The maximum absolute atomic E-state index is 13.2. The van der Waals surface area contributed by atoms with Crippen molar-refractivity contribution in [1.29, 1.82) is 0 Å². The Morgan fingerprint density at radius 3 is 2.71 bits per heavy atom. The molecule has 0 bridgehead atoms. The van der Waals surface area contributed by atoms with E-state index in [9.17, 15) is 13.2 Å². The number of amides is 1. The van der Waals surface area contributed by atoms with Crippen molar-refractivity contribution in [2.24, 2.45) is 0 Å². The van der Waals surface area contributed by atoms with Crippen molar-refractivity contribution in [2.45, 2.75) is 30.7 Å². The molecule has 9 heteroatoms. The van der Waals surface area contributed by atoms with E-state index in [0.717, 1.165) is 25.1 Å². The maximum atomic E-state index is 13.2. The fraction of sp³-hybridized carbons (Fsp3) is 0.273. The first-order valence-electron chi connectivity index (χ1n) is 10.1. The SMILES string of the molecule is Cc1ccc2c(c1)N([C@H]1CCN(c3ccc(S(=O)(=O)Nc4nccs4)cc3)C1=O)CC2.[HH].[HH]. The van der Waals surface area contributed by atoms with E-state index < -0.39 is 10.0 Å². The standard InChI is InChI=1S/C22H22N4O3S2.2H2/c1-15-2-3-16-8-11-26(20(16)14-15)19-9-12-25(21(19)27)17-4-6-18(7-5-17)31(28,29)24-22-23-10-13-30-22;;/h2-7,10,13-14,19H,8-9,11-12H2,1H3,(H,23,24);2*1H/t19-;;/m0../s1. The van der Waals surface area contributed by atoms with Gasteiger partial charge in [-0.1, -0.05) is 12.1 Å². The maximum Gasteiger partial charge on any atom is 0.263 e. The Bertz CT molecular complexity index is 1240. The van der Waals surface area contributed by atoms with Crippen LogP contribution in [0.25, 0.3) is 0 Å².